The van der Waals surface area contributed by atoms with E-state index in [1.807, 2.05) is 11.0 Å². The molecule has 2 amide bonds. The highest BCUT2D eigenvalue weighted by Gasteiger charge is 2.38. The number of piperazine rings is 1. The van der Waals surface area contributed by atoms with Gasteiger partial charge in [-0.3, -0.25) is 9.59 Å². The van der Waals surface area contributed by atoms with Gasteiger partial charge in [0.25, 0.3) is 5.91 Å². The van der Waals surface area contributed by atoms with E-state index >= 15 is 0 Å². The van der Waals surface area contributed by atoms with Crippen LogP contribution in [-0.4, -0.2) is 81.6 Å². The van der Waals surface area contributed by atoms with E-state index in [0.717, 1.165) is 48.9 Å². The van der Waals surface area contributed by atoms with Crippen molar-refractivity contribution in [3.05, 3.63) is 23.8 Å². The number of likely N-dealkylation sites (tertiary alicyclic amines) is 1. The van der Waals surface area contributed by atoms with Crippen LogP contribution in [0.15, 0.2) is 18.2 Å². The van der Waals surface area contributed by atoms with E-state index < -0.39 is 0 Å². The molecule has 2 fully saturated rings. The highest BCUT2D eigenvalue weighted by atomic mass is 32.1. The normalized spacial score (nSPS) is 19.5. The third kappa shape index (κ3) is 2.76. The van der Waals surface area contributed by atoms with Crippen molar-refractivity contribution in [2.24, 2.45) is 5.92 Å². The van der Waals surface area contributed by atoms with Gasteiger partial charge in [0.05, 0.1) is 17.6 Å². The highest BCUT2D eigenvalue weighted by molar-refractivity contribution is 7.00. The molecule has 0 unspecified atom stereocenters. The average molecular weight is 345 g/mol. The van der Waals surface area contributed by atoms with Gasteiger partial charge in [-0.25, -0.2) is 0 Å². The third-order valence-corrected chi connectivity index (χ3v) is 5.39. The fourth-order valence-electron chi connectivity index (χ4n) is 3.18. The maximum Gasteiger partial charge on any atom is 0.253 e. The first-order valence-corrected chi connectivity index (χ1v) is 8.84. The molecule has 0 spiro atoms. The molecule has 7 nitrogen and oxygen atoms in total. The Bertz CT molecular complexity index is 778. The molecular formula is C16H19N5O2S. The van der Waals surface area contributed by atoms with Crippen molar-refractivity contribution in [1.82, 2.24) is 23.4 Å². The second kappa shape index (κ2) is 6.10. The predicted molar refractivity (Wildman–Crippen MR) is 90.9 cm³/mol. The quantitative estimate of drug-likeness (QED) is 0.794. The van der Waals surface area contributed by atoms with Crippen LogP contribution in [0.5, 0.6) is 0 Å². The molecule has 0 aliphatic carbocycles. The minimum atomic E-state index is -0.0537. The second-order valence-electron chi connectivity index (χ2n) is 6.50. The molecule has 1 aromatic carbocycles. The molecule has 1 aromatic heterocycles. The van der Waals surface area contributed by atoms with Gasteiger partial charge < -0.3 is 14.7 Å². The van der Waals surface area contributed by atoms with Crippen LogP contribution < -0.4 is 0 Å². The Hall–Kier alpha value is -2.06. The van der Waals surface area contributed by atoms with Crippen molar-refractivity contribution in [1.29, 1.82) is 0 Å². The van der Waals surface area contributed by atoms with E-state index in [1.165, 1.54) is 0 Å². The van der Waals surface area contributed by atoms with Gasteiger partial charge in [-0.1, -0.05) is 0 Å². The predicted octanol–water partition coefficient (Wildman–Crippen LogP) is 0.537. The van der Waals surface area contributed by atoms with Gasteiger partial charge in [-0.2, -0.15) is 8.75 Å². The zero-order valence-corrected chi connectivity index (χ0v) is 14.3. The van der Waals surface area contributed by atoms with Crippen LogP contribution in [0.25, 0.3) is 11.0 Å². The van der Waals surface area contributed by atoms with Gasteiger partial charge in [0.15, 0.2) is 0 Å². The SMILES string of the molecule is CN1CCN(C(=O)C2CN(C(=O)c3ccc4nsnc4c3)C2)CC1. The Balaban J connectivity index is 1.36. The van der Waals surface area contributed by atoms with E-state index in [0.29, 0.717) is 18.7 Å². The van der Waals surface area contributed by atoms with Crippen molar-refractivity contribution >= 4 is 34.6 Å². The highest BCUT2D eigenvalue weighted by Crippen LogP contribution is 2.23. The lowest BCUT2D eigenvalue weighted by molar-refractivity contribution is -0.141. The van der Waals surface area contributed by atoms with Crippen LogP contribution in [0.3, 0.4) is 0 Å². The van der Waals surface area contributed by atoms with Gasteiger partial charge in [0.2, 0.25) is 5.91 Å². The number of likely N-dealkylation sites (N-methyl/N-ethyl adjacent to an activating group) is 1. The van der Waals surface area contributed by atoms with E-state index in [2.05, 4.69) is 20.7 Å². The van der Waals surface area contributed by atoms with Gasteiger partial charge >= 0.3 is 0 Å². The number of benzene rings is 1. The first-order chi connectivity index (χ1) is 11.6. The fraction of sp³-hybridized carbons (Fsp3) is 0.500. The molecule has 0 N–H and O–H groups in total. The first-order valence-electron chi connectivity index (χ1n) is 8.11. The number of amides is 2. The summed E-state index contributed by atoms with van der Waals surface area (Å²) in [6.45, 7) is 4.43. The first kappa shape index (κ1) is 15.5. The van der Waals surface area contributed by atoms with E-state index in [4.69, 9.17) is 0 Å². The van der Waals surface area contributed by atoms with Crippen LogP contribution in [0.1, 0.15) is 10.4 Å². The Kier molecular flexibility index (Phi) is 3.93. The zero-order valence-electron chi connectivity index (χ0n) is 13.5. The second-order valence-corrected chi connectivity index (χ2v) is 7.03. The van der Waals surface area contributed by atoms with Crippen molar-refractivity contribution in [2.75, 3.05) is 46.3 Å². The van der Waals surface area contributed by atoms with Crippen molar-refractivity contribution in [3.8, 4) is 0 Å². The number of carbonyl (C=O) groups is 2. The van der Waals surface area contributed by atoms with E-state index in [1.54, 1.807) is 17.0 Å². The maximum atomic E-state index is 12.5. The Morgan fingerprint density at radius 3 is 2.50 bits per heavy atom. The minimum absolute atomic E-state index is 0.0349. The van der Waals surface area contributed by atoms with E-state index in [9.17, 15) is 9.59 Å². The lowest BCUT2D eigenvalue weighted by Crippen LogP contribution is -2.58. The molecule has 2 saturated heterocycles. The van der Waals surface area contributed by atoms with E-state index in [-0.39, 0.29) is 17.7 Å². The molecule has 0 atom stereocenters. The lowest BCUT2D eigenvalue weighted by Gasteiger charge is -2.42. The topological polar surface area (TPSA) is 69.6 Å². The van der Waals surface area contributed by atoms with Crippen LogP contribution in [0.2, 0.25) is 0 Å². The molecule has 3 heterocycles. The van der Waals surface area contributed by atoms with Crippen molar-refractivity contribution < 1.29 is 9.59 Å². The largest absolute Gasteiger partial charge is 0.340 e. The van der Waals surface area contributed by atoms with Gasteiger partial charge in [-0.05, 0) is 25.2 Å². The molecular weight excluding hydrogens is 326 g/mol. The number of hydrogen-bond acceptors (Lipinski definition) is 6. The fourth-order valence-corrected chi connectivity index (χ4v) is 3.70. The summed E-state index contributed by atoms with van der Waals surface area (Å²) in [7, 11) is 2.07. The molecule has 24 heavy (non-hydrogen) atoms. The summed E-state index contributed by atoms with van der Waals surface area (Å²) in [5.74, 6) is 0.0978. The van der Waals surface area contributed by atoms with Gasteiger partial charge in [0, 0.05) is 44.8 Å². The number of fused-ring (bicyclic) bond motifs is 1. The third-order valence-electron chi connectivity index (χ3n) is 4.83. The Morgan fingerprint density at radius 2 is 1.75 bits per heavy atom. The van der Waals surface area contributed by atoms with Crippen LogP contribution >= 0.6 is 11.7 Å². The minimum Gasteiger partial charge on any atom is -0.340 e. The summed E-state index contributed by atoms with van der Waals surface area (Å²) in [5.41, 5.74) is 2.17. The Morgan fingerprint density at radius 1 is 1.04 bits per heavy atom. The number of nitrogens with zero attached hydrogens (tertiary/aromatic N) is 5. The smallest absolute Gasteiger partial charge is 0.253 e. The summed E-state index contributed by atoms with van der Waals surface area (Å²) < 4.78 is 8.31. The van der Waals surface area contributed by atoms with Crippen LogP contribution in [0.4, 0.5) is 0 Å². The summed E-state index contributed by atoms with van der Waals surface area (Å²) in [5, 5.41) is 0. The zero-order chi connectivity index (χ0) is 16.7. The number of carbonyl (C=O) groups excluding carboxylic acids is 2. The summed E-state index contributed by atoms with van der Waals surface area (Å²) in [6.07, 6.45) is 0. The molecule has 2 aliphatic rings. The number of hydrogen-bond donors (Lipinski definition) is 0. The number of rotatable bonds is 2. The number of aromatic nitrogens is 2. The van der Waals surface area contributed by atoms with Gasteiger partial charge in [0.1, 0.15) is 11.0 Å². The monoisotopic (exact) mass is 345 g/mol. The molecule has 4 rings (SSSR count). The summed E-state index contributed by atoms with van der Waals surface area (Å²) >= 11 is 1.14. The molecule has 0 radical (unpaired) electrons. The maximum absolute atomic E-state index is 12.5. The summed E-state index contributed by atoms with van der Waals surface area (Å²) in [6, 6.07) is 5.37. The average Bonchev–Trinajstić information content (AvgIpc) is 3.01. The molecule has 0 saturated carbocycles. The Labute approximate surface area is 144 Å². The lowest BCUT2D eigenvalue weighted by atomic mass is 9.96. The summed E-state index contributed by atoms with van der Waals surface area (Å²) in [4.78, 5) is 30.9. The molecule has 126 valence electrons. The van der Waals surface area contributed by atoms with Crippen LogP contribution in [0, 0.1) is 5.92 Å². The molecule has 0 bridgehead atoms. The molecule has 8 heteroatoms. The standard InChI is InChI=1S/C16H19N5O2S/c1-19-4-6-20(7-5-19)16(23)12-9-21(10-12)15(22)11-2-3-13-14(8-11)18-24-17-13/h2-3,8,12H,4-7,9-10H2,1H3. The van der Waals surface area contributed by atoms with Crippen LogP contribution in [-0.2, 0) is 4.79 Å². The van der Waals surface area contributed by atoms with Crippen molar-refractivity contribution in [2.45, 2.75) is 0 Å². The van der Waals surface area contributed by atoms with Gasteiger partial charge in [-0.15, -0.1) is 0 Å². The molecule has 2 aromatic rings. The van der Waals surface area contributed by atoms with Crippen molar-refractivity contribution in [3.63, 3.8) is 0 Å². The molecule has 2 aliphatic heterocycles.